The Balaban J connectivity index is 1.57. The van der Waals surface area contributed by atoms with Gasteiger partial charge >= 0.3 is 0 Å². The van der Waals surface area contributed by atoms with Crippen molar-refractivity contribution in [1.29, 1.82) is 0 Å². The lowest BCUT2D eigenvalue weighted by Crippen LogP contribution is -2.23. The molecule has 1 saturated carbocycles. The highest BCUT2D eigenvalue weighted by atomic mass is 19.1. The standard InChI is InChI=1S/C25H33FN2O/c1-17-12-21(13-18(2)25(17)27-3)28-11-7-8-19-15-24(23(26)14-20(19)16-28)29-22-9-5-4-6-10-22/h12-15,22,27H,4-11,16H2,1-3H3. The van der Waals surface area contributed by atoms with E-state index in [1.165, 1.54) is 47.3 Å². The fourth-order valence-corrected chi connectivity index (χ4v) is 4.95. The molecule has 0 saturated heterocycles. The molecule has 0 bridgehead atoms. The van der Waals surface area contributed by atoms with Crippen molar-refractivity contribution in [3.8, 4) is 5.75 Å². The molecule has 0 atom stereocenters. The fourth-order valence-electron chi connectivity index (χ4n) is 4.95. The second-order valence-electron chi connectivity index (χ2n) is 8.66. The van der Waals surface area contributed by atoms with Gasteiger partial charge in [-0.15, -0.1) is 0 Å². The van der Waals surface area contributed by atoms with E-state index in [-0.39, 0.29) is 11.9 Å². The smallest absolute Gasteiger partial charge is 0.165 e. The van der Waals surface area contributed by atoms with Crippen LogP contribution in [0.25, 0.3) is 0 Å². The summed E-state index contributed by atoms with van der Waals surface area (Å²) in [7, 11) is 1.97. The van der Waals surface area contributed by atoms with Gasteiger partial charge in [0.05, 0.1) is 6.10 Å². The Kier molecular flexibility index (Phi) is 5.98. The van der Waals surface area contributed by atoms with Crippen LogP contribution >= 0.6 is 0 Å². The third-order valence-corrected chi connectivity index (χ3v) is 6.47. The summed E-state index contributed by atoms with van der Waals surface area (Å²) in [4.78, 5) is 2.38. The van der Waals surface area contributed by atoms with Crippen LogP contribution in [0.2, 0.25) is 0 Å². The number of halogens is 1. The topological polar surface area (TPSA) is 24.5 Å². The summed E-state index contributed by atoms with van der Waals surface area (Å²) in [6.45, 7) is 6.01. The molecule has 2 aromatic rings. The first-order chi connectivity index (χ1) is 14.0. The van der Waals surface area contributed by atoms with Crippen LogP contribution in [0.4, 0.5) is 15.8 Å². The predicted molar refractivity (Wildman–Crippen MR) is 119 cm³/mol. The Morgan fingerprint density at radius 3 is 2.38 bits per heavy atom. The molecule has 2 aromatic carbocycles. The summed E-state index contributed by atoms with van der Waals surface area (Å²) in [6, 6.07) is 8.17. The average Bonchev–Trinajstić information content (AvgIpc) is 2.91. The second kappa shape index (κ2) is 8.64. The number of nitrogens with one attached hydrogen (secondary N) is 1. The molecule has 2 aliphatic rings. The highest BCUT2D eigenvalue weighted by molar-refractivity contribution is 5.65. The summed E-state index contributed by atoms with van der Waals surface area (Å²) in [5.41, 5.74) is 7.22. The van der Waals surface area contributed by atoms with Crippen LogP contribution in [0.1, 0.15) is 60.8 Å². The molecule has 1 fully saturated rings. The van der Waals surface area contributed by atoms with E-state index in [1.807, 2.05) is 13.1 Å². The van der Waals surface area contributed by atoms with Gasteiger partial charge in [-0.05, 0) is 98.9 Å². The van der Waals surface area contributed by atoms with E-state index < -0.39 is 0 Å². The van der Waals surface area contributed by atoms with Gasteiger partial charge in [-0.1, -0.05) is 6.42 Å². The van der Waals surface area contributed by atoms with Gasteiger partial charge in [-0.25, -0.2) is 4.39 Å². The van der Waals surface area contributed by atoms with E-state index in [0.717, 1.165) is 44.3 Å². The Labute approximate surface area is 174 Å². The lowest BCUT2D eigenvalue weighted by Gasteiger charge is -2.26. The minimum atomic E-state index is -0.214. The maximum absolute atomic E-state index is 14.9. The van der Waals surface area contributed by atoms with Crippen LogP contribution in [0.3, 0.4) is 0 Å². The zero-order chi connectivity index (χ0) is 20.4. The molecule has 0 aromatic heterocycles. The summed E-state index contributed by atoms with van der Waals surface area (Å²) >= 11 is 0. The molecule has 0 radical (unpaired) electrons. The molecular weight excluding hydrogens is 363 g/mol. The van der Waals surface area contributed by atoms with Gasteiger partial charge < -0.3 is 15.0 Å². The maximum atomic E-state index is 14.9. The van der Waals surface area contributed by atoms with Gasteiger partial charge in [0.2, 0.25) is 0 Å². The molecule has 1 N–H and O–H groups in total. The Hall–Kier alpha value is -2.23. The number of rotatable bonds is 4. The van der Waals surface area contributed by atoms with Crippen LogP contribution < -0.4 is 15.0 Å². The van der Waals surface area contributed by atoms with Gasteiger partial charge in [0.25, 0.3) is 0 Å². The van der Waals surface area contributed by atoms with Crippen LogP contribution in [-0.2, 0) is 13.0 Å². The molecule has 0 amide bonds. The third kappa shape index (κ3) is 4.36. The van der Waals surface area contributed by atoms with E-state index in [1.54, 1.807) is 6.07 Å². The van der Waals surface area contributed by atoms with Crippen LogP contribution in [0.15, 0.2) is 24.3 Å². The molecule has 1 aliphatic heterocycles. The van der Waals surface area contributed by atoms with Crippen molar-refractivity contribution in [3.63, 3.8) is 0 Å². The van der Waals surface area contributed by atoms with Gasteiger partial charge in [-0.2, -0.15) is 0 Å². The lowest BCUT2D eigenvalue weighted by molar-refractivity contribution is 0.148. The van der Waals surface area contributed by atoms with Gasteiger partial charge in [0.1, 0.15) is 0 Å². The normalized spacial score (nSPS) is 17.6. The summed E-state index contributed by atoms with van der Waals surface area (Å²) < 4.78 is 20.9. The van der Waals surface area contributed by atoms with Crippen LogP contribution in [0, 0.1) is 19.7 Å². The zero-order valence-electron chi connectivity index (χ0n) is 18.0. The molecule has 0 spiro atoms. The number of fused-ring (bicyclic) bond motifs is 1. The summed E-state index contributed by atoms with van der Waals surface area (Å²) in [5.74, 6) is 0.239. The first-order valence-electron chi connectivity index (χ1n) is 11.1. The summed E-state index contributed by atoms with van der Waals surface area (Å²) in [5, 5.41) is 3.29. The van der Waals surface area contributed by atoms with Gasteiger partial charge in [-0.3, -0.25) is 0 Å². The minimum absolute atomic E-state index is 0.176. The van der Waals surface area contributed by atoms with E-state index in [0.29, 0.717) is 5.75 Å². The molecule has 1 heterocycles. The number of hydrogen-bond donors (Lipinski definition) is 1. The first kappa shape index (κ1) is 20.1. The van der Waals surface area contributed by atoms with Gasteiger partial charge in [0, 0.05) is 31.5 Å². The van der Waals surface area contributed by atoms with E-state index in [4.69, 9.17) is 4.74 Å². The molecule has 4 rings (SSSR count). The quantitative estimate of drug-likeness (QED) is 0.671. The molecule has 4 heteroatoms. The number of anilines is 2. The Morgan fingerprint density at radius 1 is 0.966 bits per heavy atom. The lowest BCUT2D eigenvalue weighted by atomic mass is 9.97. The highest BCUT2D eigenvalue weighted by Crippen LogP contribution is 2.33. The molecule has 1 aliphatic carbocycles. The van der Waals surface area contributed by atoms with Crippen molar-refractivity contribution < 1.29 is 9.13 Å². The fraction of sp³-hybridized carbons (Fsp3) is 0.520. The molecule has 156 valence electrons. The number of aryl methyl sites for hydroxylation is 3. The Bertz CT molecular complexity index is 850. The predicted octanol–water partition coefficient (Wildman–Crippen LogP) is 6.15. The van der Waals surface area contributed by atoms with Crippen molar-refractivity contribution in [2.45, 2.75) is 71.4 Å². The zero-order valence-corrected chi connectivity index (χ0v) is 18.0. The number of hydrogen-bond acceptors (Lipinski definition) is 3. The third-order valence-electron chi connectivity index (χ3n) is 6.47. The maximum Gasteiger partial charge on any atom is 0.165 e. The number of nitrogens with zero attached hydrogens (tertiary/aromatic N) is 1. The van der Waals surface area contributed by atoms with E-state index >= 15 is 0 Å². The minimum Gasteiger partial charge on any atom is -0.487 e. The SMILES string of the molecule is CNc1c(C)cc(N2CCCc3cc(OC4CCCCC4)c(F)cc3C2)cc1C. The van der Waals surface area contributed by atoms with E-state index in [2.05, 4.69) is 36.2 Å². The van der Waals surface area contributed by atoms with Gasteiger partial charge in [0.15, 0.2) is 11.6 Å². The second-order valence-corrected chi connectivity index (χ2v) is 8.66. The van der Waals surface area contributed by atoms with Crippen molar-refractivity contribution in [2.75, 3.05) is 23.8 Å². The monoisotopic (exact) mass is 396 g/mol. The largest absolute Gasteiger partial charge is 0.487 e. The first-order valence-corrected chi connectivity index (χ1v) is 11.1. The molecule has 29 heavy (non-hydrogen) atoms. The molecule has 3 nitrogen and oxygen atoms in total. The van der Waals surface area contributed by atoms with Crippen LogP contribution in [0.5, 0.6) is 5.75 Å². The van der Waals surface area contributed by atoms with Crippen molar-refractivity contribution in [3.05, 3.63) is 52.3 Å². The molecule has 0 unspecified atom stereocenters. The number of ether oxygens (including phenoxy) is 1. The summed E-state index contributed by atoms with van der Waals surface area (Å²) in [6.07, 6.45) is 7.96. The highest BCUT2D eigenvalue weighted by Gasteiger charge is 2.21. The van der Waals surface area contributed by atoms with Crippen molar-refractivity contribution in [2.24, 2.45) is 0 Å². The average molecular weight is 397 g/mol. The molecular formula is C25H33FN2O. The number of benzene rings is 2. The van der Waals surface area contributed by atoms with Crippen LogP contribution in [-0.4, -0.2) is 19.7 Å². The van der Waals surface area contributed by atoms with E-state index in [9.17, 15) is 4.39 Å². The van der Waals surface area contributed by atoms with Crippen molar-refractivity contribution in [1.82, 2.24) is 0 Å². The Morgan fingerprint density at radius 2 is 1.69 bits per heavy atom. The van der Waals surface area contributed by atoms with Crippen molar-refractivity contribution >= 4 is 11.4 Å².